The van der Waals surface area contributed by atoms with Crippen molar-refractivity contribution in [2.45, 2.75) is 24.8 Å². The fourth-order valence-corrected chi connectivity index (χ4v) is 0.933. The molecular weight excluding hydrogens is 156 g/mol. The van der Waals surface area contributed by atoms with Crippen LogP contribution in [0.4, 0.5) is 8.78 Å². The fourth-order valence-electron chi connectivity index (χ4n) is 0.933. The number of hydrogen-bond acceptors (Lipinski definition) is 2. The molecule has 2 unspecified atom stereocenters. The summed E-state index contributed by atoms with van der Waals surface area (Å²) in [6.45, 7) is 0. The van der Waals surface area contributed by atoms with Gasteiger partial charge in [0, 0.05) is 12.3 Å². The van der Waals surface area contributed by atoms with Gasteiger partial charge in [-0.15, -0.1) is 0 Å². The lowest BCUT2D eigenvalue weighted by Gasteiger charge is -2.03. The molecule has 0 aliphatic heterocycles. The maximum atomic E-state index is 12.2. The molecule has 1 rings (SSSR count). The molecule has 1 aliphatic rings. The topological polar surface area (TPSA) is 63.3 Å². The summed E-state index contributed by atoms with van der Waals surface area (Å²) in [6.07, 6.45) is -0.337. The Hall–Kier alpha value is -0.710. The van der Waals surface area contributed by atoms with Crippen LogP contribution in [0.2, 0.25) is 0 Å². The van der Waals surface area contributed by atoms with Gasteiger partial charge in [-0.25, -0.2) is 8.78 Å². The van der Waals surface area contributed by atoms with Crippen LogP contribution in [0.25, 0.3) is 0 Å². The number of halogens is 2. The normalized spacial score (nSPS) is 29.5. The molecule has 0 aromatic heterocycles. The summed E-state index contributed by atoms with van der Waals surface area (Å²) in [5.74, 6) is -4.69. The van der Waals surface area contributed by atoms with Gasteiger partial charge >= 0.3 is 5.97 Å². The molecule has 0 bridgehead atoms. The molecule has 1 aliphatic carbocycles. The second kappa shape index (κ2) is 2.41. The summed E-state index contributed by atoms with van der Waals surface area (Å²) in [6, 6.07) is -1.15. The maximum Gasteiger partial charge on any atom is 0.320 e. The number of rotatable bonds is 3. The van der Waals surface area contributed by atoms with Crippen molar-refractivity contribution in [2.24, 2.45) is 11.7 Å². The molecule has 0 aromatic rings. The molecule has 0 saturated heterocycles. The summed E-state index contributed by atoms with van der Waals surface area (Å²) in [5, 5.41) is 8.26. The maximum absolute atomic E-state index is 12.2. The molecule has 1 saturated carbocycles. The van der Waals surface area contributed by atoms with Gasteiger partial charge in [-0.1, -0.05) is 0 Å². The van der Waals surface area contributed by atoms with Crippen molar-refractivity contribution in [3.63, 3.8) is 0 Å². The van der Waals surface area contributed by atoms with E-state index in [9.17, 15) is 13.6 Å². The van der Waals surface area contributed by atoms with Crippen LogP contribution in [0.5, 0.6) is 0 Å². The molecule has 0 radical (unpaired) electrons. The quantitative estimate of drug-likeness (QED) is 0.637. The molecule has 3 nitrogen and oxygen atoms in total. The lowest BCUT2D eigenvalue weighted by Crippen LogP contribution is -2.31. The van der Waals surface area contributed by atoms with Gasteiger partial charge in [-0.3, -0.25) is 4.79 Å². The first-order valence-electron chi connectivity index (χ1n) is 3.29. The van der Waals surface area contributed by atoms with E-state index < -0.39 is 23.9 Å². The van der Waals surface area contributed by atoms with E-state index in [1.807, 2.05) is 0 Å². The third-order valence-electron chi connectivity index (χ3n) is 1.81. The van der Waals surface area contributed by atoms with E-state index >= 15 is 0 Å². The highest BCUT2D eigenvalue weighted by Crippen LogP contribution is 2.50. The number of carboxylic acids is 1. The monoisotopic (exact) mass is 165 g/mol. The molecule has 64 valence electrons. The molecule has 3 N–H and O–H groups in total. The lowest BCUT2D eigenvalue weighted by molar-refractivity contribution is -0.138. The summed E-state index contributed by atoms with van der Waals surface area (Å²) < 4.78 is 24.3. The van der Waals surface area contributed by atoms with Crippen molar-refractivity contribution in [1.29, 1.82) is 0 Å². The highest BCUT2D eigenvalue weighted by atomic mass is 19.3. The van der Waals surface area contributed by atoms with Crippen molar-refractivity contribution in [1.82, 2.24) is 0 Å². The number of carbonyl (C=O) groups is 1. The summed E-state index contributed by atoms with van der Waals surface area (Å²) in [5.41, 5.74) is 5.05. The van der Waals surface area contributed by atoms with Crippen molar-refractivity contribution in [2.75, 3.05) is 0 Å². The average Bonchev–Trinajstić information content (AvgIpc) is 2.39. The van der Waals surface area contributed by atoms with Crippen LogP contribution in [-0.4, -0.2) is 23.0 Å². The first-order chi connectivity index (χ1) is 4.93. The Kier molecular flexibility index (Phi) is 1.83. The van der Waals surface area contributed by atoms with E-state index in [-0.39, 0.29) is 12.8 Å². The van der Waals surface area contributed by atoms with Gasteiger partial charge in [0.1, 0.15) is 6.04 Å². The van der Waals surface area contributed by atoms with Crippen LogP contribution >= 0.6 is 0 Å². The zero-order chi connectivity index (χ0) is 8.65. The standard InChI is InChI=1S/C6H9F2NO2/c7-6(8)2-3(6)1-4(9)5(10)11/h3-4H,1-2,9H2,(H,10,11). The van der Waals surface area contributed by atoms with Gasteiger partial charge < -0.3 is 10.8 Å². The van der Waals surface area contributed by atoms with Crippen molar-refractivity contribution in [3.05, 3.63) is 0 Å². The number of hydrogen-bond donors (Lipinski definition) is 2. The van der Waals surface area contributed by atoms with E-state index in [4.69, 9.17) is 10.8 Å². The number of nitrogens with two attached hydrogens (primary N) is 1. The Bertz CT molecular complexity index is 183. The average molecular weight is 165 g/mol. The molecule has 2 atom stereocenters. The van der Waals surface area contributed by atoms with Gasteiger partial charge in [0.2, 0.25) is 0 Å². The second-order valence-electron chi connectivity index (χ2n) is 2.84. The van der Waals surface area contributed by atoms with E-state index in [1.165, 1.54) is 0 Å². The van der Waals surface area contributed by atoms with Gasteiger partial charge in [0.25, 0.3) is 5.92 Å². The molecule has 1 fully saturated rings. The van der Waals surface area contributed by atoms with Crippen LogP contribution in [0, 0.1) is 5.92 Å². The third-order valence-corrected chi connectivity index (χ3v) is 1.81. The highest BCUT2D eigenvalue weighted by Gasteiger charge is 2.57. The highest BCUT2D eigenvalue weighted by molar-refractivity contribution is 5.73. The smallest absolute Gasteiger partial charge is 0.320 e. The van der Waals surface area contributed by atoms with E-state index in [0.717, 1.165) is 0 Å². The summed E-state index contributed by atoms with van der Waals surface area (Å²) in [7, 11) is 0. The molecule has 11 heavy (non-hydrogen) atoms. The minimum Gasteiger partial charge on any atom is -0.480 e. The molecule has 0 amide bonds. The van der Waals surface area contributed by atoms with E-state index in [1.54, 1.807) is 0 Å². The summed E-state index contributed by atoms with van der Waals surface area (Å²) >= 11 is 0. The first-order valence-corrected chi connectivity index (χ1v) is 3.29. The van der Waals surface area contributed by atoms with Crippen LogP contribution in [0.3, 0.4) is 0 Å². The third kappa shape index (κ3) is 1.86. The molecule has 0 spiro atoms. The molecule has 0 aromatic carbocycles. The minimum absolute atomic E-state index is 0.123. The molecular formula is C6H9F2NO2. The van der Waals surface area contributed by atoms with Gasteiger partial charge in [0.05, 0.1) is 0 Å². The molecule has 0 heterocycles. The Balaban J connectivity index is 2.29. The van der Waals surface area contributed by atoms with E-state index in [2.05, 4.69) is 0 Å². The fraction of sp³-hybridized carbons (Fsp3) is 0.833. The van der Waals surface area contributed by atoms with Gasteiger partial charge in [-0.2, -0.15) is 0 Å². The van der Waals surface area contributed by atoms with Gasteiger partial charge in [-0.05, 0) is 6.42 Å². The number of carboxylic acid groups (broad SMARTS) is 1. The van der Waals surface area contributed by atoms with Gasteiger partial charge in [0.15, 0.2) is 0 Å². The van der Waals surface area contributed by atoms with Crippen LogP contribution in [0.1, 0.15) is 12.8 Å². The predicted octanol–water partition coefficient (Wildman–Crippen LogP) is 0.444. The predicted molar refractivity (Wildman–Crippen MR) is 33.3 cm³/mol. The SMILES string of the molecule is NC(CC1CC1(F)F)C(=O)O. The Labute approximate surface area is 62.2 Å². The lowest BCUT2D eigenvalue weighted by atomic mass is 10.1. The van der Waals surface area contributed by atoms with Crippen molar-refractivity contribution in [3.8, 4) is 0 Å². The number of aliphatic carboxylic acids is 1. The first kappa shape index (κ1) is 8.39. The Morgan fingerprint density at radius 2 is 2.27 bits per heavy atom. The minimum atomic E-state index is -2.66. The number of alkyl halides is 2. The van der Waals surface area contributed by atoms with Crippen LogP contribution in [-0.2, 0) is 4.79 Å². The van der Waals surface area contributed by atoms with Crippen LogP contribution in [0.15, 0.2) is 0 Å². The van der Waals surface area contributed by atoms with Crippen LogP contribution < -0.4 is 5.73 Å². The largest absolute Gasteiger partial charge is 0.480 e. The Morgan fingerprint density at radius 3 is 2.55 bits per heavy atom. The zero-order valence-electron chi connectivity index (χ0n) is 5.76. The summed E-state index contributed by atoms with van der Waals surface area (Å²) in [4.78, 5) is 10.1. The zero-order valence-corrected chi connectivity index (χ0v) is 5.76. The Morgan fingerprint density at radius 1 is 1.82 bits per heavy atom. The van der Waals surface area contributed by atoms with Crippen molar-refractivity contribution >= 4 is 5.97 Å². The second-order valence-corrected chi connectivity index (χ2v) is 2.84. The van der Waals surface area contributed by atoms with Crippen molar-refractivity contribution < 1.29 is 18.7 Å². The van der Waals surface area contributed by atoms with E-state index in [0.29, 0.717) is 0 Å². The molecule has 5 heteroatoms.